The highest BCUT2D eigenvalue weighted by Crippen LogP contribution is 2.28. The number of hydrogen-bond donors (Lipinski definition) is 4. The number of carboxylic acid groups (broad SMARTS) is 1. The molecule has 4 aromatic rings. The Balaban J connectivity index is 1.48. The zero-order chi connectivity index (χ0) is 30.9. The van der Waals surface area contributed by atoms with Crippen LogP contribution in [-0.4, -0.2) is 34.0 Å². The second-order valence-electron chi connectivity index (χ2n) is 9.50. The minimum Gasteiger partial charge on any atom is -0.478 e. The lowest BCUT2D eigenvalue weighted by Crippen LogP contribution is -2.30. The molecule has 4 N–H and O–H groups in total. The number of nitrogens with one attached hydrogen (secondary N) is 3. The summed E-state index contributed by atoms with van der Waals surface area (Å²) in [6, 6.07) is 26.9. The average molecular weight is 614 g/mol. The number of hydrogen-bond acceptors (Lipinski definition) is 5. The normalized spacial score (nSPS) is 11.7. The summed E-state index contributed by atoms with van der Waals surface area (Å²) < 4.78 is 0. The number of carbonyl (C=O) groups excluding carboxylic acids is 3. The Bertz CT molecular complexity index is 1710. The molecule has 0 aliphatic rings. The van der Waals surface area contributed by atoms with Crippen LogP contribution in [0.15, 0.2) is 108 Å². The van der Waals surface area contributed by atoms with Crippen molar-refractivity contribution in [3.8, 4) is 0 Å². The molecule has 0 radical (unpaired) electrons. The summed E-state index contributed by atoms with van der Waals surface area (Å²) in [5.74, 6) is -2.38. The standard InChI is InChI=1S/C33H28ClN3O5S/c1-20-14-15-24(33(41)42)18-28(20)36-30(38)21(2)43-27-13-7-12-26(19-27)35-32(40)29(17-22-8-6-11-25(34)16-22)37-31(39)23-9-4-3-5-10-23/h3-19,21H,1-2H3,(H,35,40)(H,36,38)(H,37,39)(H,41,42)/b29-17-. The Morgan fingerprint density at radius 1 is 0.837 bits per heavy atom. The second-order valence-corrected chi connectivity index (χ2v) is 11.3. The van der Waals surface area contributed by atoms with Gasteiger partial charge >= 0.3 is 5.97 Å². The summed E-state index contributed by atoms with van der Waals surface area (Å²) in [5, 5.41) is 17.5. The number of rotatable bonds is 10. The van der Waals surface area contributed by atoms with E-state index in [9.17, 15) is 24.3 Å². The molecule has 8 nitrogen and oxygen atoms in total. The summed E-state index contributed by atoms with van der Waals surface area (Å²) in [6.45, 7) is 3.51. The van der Waals surface area contributed by atoms with E-state index in [4.69, 9.17) is 11.6 Å². The van der Waals surface area contributed by atoms with Crippen LogP contribution in [0.1, 0.15) is 38.8 Å². The van der Waals surface area contributed by atoms with Crippen LogP contribution in [0.2, 0.25) is 5.02 Å². The number of carboxylic acids is 1. The van der Waals surface area contributed by atoms with Crippen LogP contribution in [0.25, 0.3) is 6.08 Å². The fourth-order valence-electron chi connectivity index (χ4n) is 3.93. The van der Waals surface area contributed by atoms with E-state index >= 15 is 0 Å². The summed E-state index contributed by atoms with van der Waals surface area (Å²) in [4.78, 5) is 51.2. The molecule has 0 fully saturated rings. The van der Waals surface area contributed by atoms with E-state index in [1.54, 1.807) is 98.8 Å². The molecule has 0 heterocycles. The fourth-order valence-corrected chi connectivity index (χ4v) is 5.06. The number of benzene rings is 4. The second kappa shape index (κ2) is 14.4. The summed E-state index contributed by atoms with van der Waals surface area (Å²) in [5.41, 5.74) is 2.73. The number of carbonyl (C=O) groups is 4. The van der Waals surface area contributed by atoms with Gasteiger partial charge in [0.1, 0.15) is 5.70 Å². The topological polar surface area (TPSA) is 125 Å². The summed E-state index contributed by atoms with van der Waals surface area (Å²) in [7, 11) is 0. The van der Waals surface area contributed by atoms with Crippen LogP contribution in [0.3, 0.4) is 0 Å². The first kappa shape index (κ1) is 31.1. The minimum absolute atomic E-state index is 0.0147. The molecule has 0 aliphatic heterocycles. The van der Waals surface area contributed by atoms with Crippen molar-refractivity contribution in [3.05, 3.63) is 130 Å². The third-order valence-corrected chi connectivity index (χ3v) is 7.53. The van der Waals surface area contributed by atoms with Gasteiger partial charge in [0, 0.05) is 26.9 Å². The predicted molar refractivity (Wildman–Crippen MR) is 170 cm³/mol. The molecule has 218 valence electrons. The van der Waals surface area contributed by atoms with Gasteiger partial charge in [0.2, 0.25) is 5.91 Å². The molecule has 0 bridgehead atoms. The highest BCUT2D eigenvalue weighted by Gasteiger charge is 2.18. The van der Waals surface area contributed by atoms with Crippen molar-refractivity contribution in [1.82, 2.24) is 5.32 Å². The van der Waals surface area contributed by atoms with Crippen LogP contribution in [0, 0.1) is 6.92 Å². The first-order chi connectivity index (χ1) is 20.6. The Labute approximate surface area is 258 Å². The molecular weight excluding hydrogens is 586 g/mol. The number of aromatic carboxylic acids is 1. The Morgan fingerprint density at radius 2 is 1.58 bits per heavy atom. The molecule has 1 unspecified atom stereocenters. The number of aryl methyl sites for hydroxylation is 1. The third kappa shape index (κ3) is 8.81. The highest BCUT2D eigenvalue weighted by molar-refractivity contribution is 8.00. The van der Waals surface area contributed by atoms with E-state index in [0.29, 0.717) is 32.4 Å². The third-order valence-electron chi connectivity index (χ3n) is 6.20. The van der Waals surface area contributed by atoms with Crippen LogP contribution < -0.4 is 16.0 Å². The van der Waals surface area contributed by atoms with Gasteiger partial charge in [0.05, 0.1) is 10.8 Å². The van der Waals surface area contributed by atoms with Crippen molar-refractivity contribution in [2.24, 2.45) is 0 Å². The van der Waals surface area contributed by atoms with Crippen molar-refractivity contribution in [1.29, 1.82) is 0 Å². The molecule has 43 heavy (non-hydrogen) atoms. The van der Waals surface area contributed by atoms with Crippen LogP contribution in [0.5, 0.6) is 0 Å². The molecule has 0 aromatic heterocycles. The molecule has 0 saturated heterocycles. The molecule has 1 atom stereocenters. The monoisotopic (exact) mass is 613 g/mol. The van der Waals surface area contributed by atoms with Gasteiger partial charge < -0.3 is 21.1 Å². The van der Waals surface area contributed by atoms with Gasteiger partial charge in [-0.25, -0.2) is 4.79 Å². The van der Waals surface area contributed by atoms with Gasteiger partial charge in [-0.3, -0.25) is 14.4 Å². The van der Waals surface area contributed by atoms with Gasteiger partial charge in [-0.05, 0) is 85.6 Å². The van der Waals surface area contributed by atoms with Gasteiger partial charge in [0.25, 0.3) is 11.8 Å². The molecule has 0 spiro atoms. The Kier molecular flexibility index (Phi) is 10.4. The van der Waals surface area contributed by atoms with Crippen LogP contribution in [0.4, 0.5) is 11.4 Å². The first-order valence-electron chi connectivity index (χ1n) is 13.2. The first-order valence-corrected chi connectivity index (χ1v) is 14.4. The lowest BCUT2D eigenvalue weighted by molar-refractivity contribution is -0.115. The van der Waals surface area contributed by atoms with Gasteiger partial charge in [0.15, 0.2) is 0 Å². The van der Waals surface area contributed by atoms with Crippen molar-refractivity contribution >= 4 is 64.5 Å². The van der Waals surface area contributed by atoms with Crippen molar-refractivity contribution < 1.29 is 24.3 Å². The number of halogens is 1. The maximum absolute atomic E-state index is 13.4. The smallest absolute Gasteiger partial charge is 0.335 e. The number of thioether (sulfide) groups is 1. The van der Waals surface area contributed by atoms with E-state index in [0.717, 1.165) is 5.56 Å². The molecule has 0 saturated carbocycles. The SMILES string of the molecule is Cc1ccc(C(=O)O)cc1NC(=O)C(C)Sc1cccc(NC(=O)/C(=C/c2cccc(Cl)c2)NC(=O)c2ccccc2)c1. The number of amides is 3. The molecule has 4 aromatic carbocycles. The highest BCUT2D eigenvalue weighted by atomic mass is 35.5. The molecular formula is C33H28ClN3O5S. The molecule has 3 amide bonds. The van der Waals surface area contributed by atoms with Gasteiger partial charge in [-0.1, -0.05) is 54.1 Å². The summed E-state index contributed by atoms with van der Waals surface area (Å²) >= 11 is 7.39. The largest absolute Gasteiger partial charge is 0.478 e. The molecule has 4 rings (SSSR count). The zero-order valence-electron chi connectivity index (χ0n) is 23.3. The van der Waals surface area contributed by atoms with Crippen LogP contribution in [-0.2, 0) is 9.59 Å². The fraction of sp³-hybridized carbons (Fsp3) is 0.0909. The zero-order valence-corrected chi connectivity index (χ0v) is 24.8. The summed E-state index contributed by atoms with van der Waals surface area (Å²) in [6.07, 6.45) is 1.54. The van der Waals surface area contributed by atoms with E-state index in [1.165, 1.54) is 30.0 Å². The van der Waals surface area contributed by atoms with E-state index in [2.05, 4.69) is 16.0 Å². The quantitative estimate of drug-likeness (QED) is 0.114. The van der Waals surface area contributed by atoms with E-state index < -0.39 is 23.0 Å². The minimum atomic E-state index is -1.08. The lowest BCUT2D eigenvalue weighted by atomic mass is 10.1. The molecule has 0 aliphatic carbocycles. The number of anilines is 2. The van der Waals surface area contributed by atoms with Crippen molar-refractivity contribution in [2.45, 2.75) is 24.0 Å². The Morgan fingerprint density at radius 3 is 2.30 bits per heavy atom. The van der Waals surface area contributed by atoms with Crippen molar-refractivity contribution in [2.75, 3.05) is 10.6 Å². The van der Waals surface area contributed by atoms with Gasteiger partial charge in [-0.15, -0.1) is 11.8 Å². The van der Waals surface area contributed by atoms with Gasteiger partial charge in [-0.2, -0.15) is 0 Å². The average Bonchev–Trinajstić information content (AvgIpc) is 2.98. The maximum Gasteiger partial charge on any atom is 0.335 e. The lowest BCUT2D eigenvalue weighted by Gasteiger charge is -2.15. The van der Waals surface area contributed by atoms with Crippen molar-refractivity contribution in [3.63, 3.8) is 0 Å². The van der Waals surface area contributed by atoms with E-state index in [-0.39, 0.29) is 17.2 Å². The Hall–Kier alpha value is -4.86. The predicted octanol–water partition coefficient (Wildman–Crippen LogP) is 6.88. The maximum atomic E-state index is 13.4. The van der Waals surface area contributed by atoms with E-state index in [1.807, 2.05) is 0 Å². The molecule has 10 heteroatoms. The van der Waals surface area contributed by atoms with Crippen LogP contribution >= 0.6 is 23.4 Å².